The highest BCUT2D eigenvalue weighted by Crippen LogP contribution is 2.15. The van der Waals surface area contributed by atoms with Crippen molar-refractivity contribution in [2.24, 2.45) is 10.7 Å². The van der Waals surface area contributed by atoms with E-state index in [-0.39, 0.29) is 0 Å². The Morgan fingerprint density at radius 2 is 2.43 bits per heavy atom. The van der Waals surface area contributed by atoms with Gasteiger partial charge in [0, 0.05) is 6.54 Å². The summed E-state index contributed by atoms with van der Waals surface area (Å²) in [4.78, 5) is 6.57. The first kappa shape index (κ1) is 11.7. The smallest absolute Gasteiger partial charge is 0.191 e. The summed E-state index contributed by atoms with van der Waals surface area (Å²) in [5, 5.41) is 0. The molecule has 0 fully saturated rings. The molecule has 0 amide bonds. The summed E-state index contributed by atoms with van der Waals surface area (Å²) in [6.07, 6.45) is 5.80. The molecular weight excluding hydrogens is 194 g/mol. The van der Waals surface area contributed by atoms with E-state index in [1.165, 1.54) is 18.6 Å². The fourth-order valence-corrected chi connectivity index (χ4v) is 2.28. The molecule has 4 heteroatoms. The van der Waals surface area contributed by atoms with Crippen molar-refractivity contribution in [3.8, 4) is 0 Å². The fraction of sp³-hybridized carbons (Fsp3) is 0.900. The van der Waals surface area contributed by atoms with E-state index in [1.54, 1.807) is 0 Å². The highest BCUT2D eigenvalue weighted by molar-refractivity contribution is 7.98. The first-order valence-corrected chi connectivity index (χ1v) is 6.74. The normalized spacial score (nSPS) is 21.4. The maximum absolute atomic E-state index is 5.83. The fourth-order valence-electron chi connectivity index (χ4n) is 1.82. The van der Waals surface area contributed by atoms with E-state index >= 15 is 0 Å². The molecule has 0 aromatic rings. The van der Waals surface area contributed by atoms with Gasteiger partial charge in [-0.05, 0) is 31.3 Å². The zero-order valence-corrected chi connectivity index (χ0v) is 10.0. The topological polar surface area (TPSA) is 41.6 Å². The van der Waals surface area contributed by atoms with Crippen LogP contribution < -0.4 is 5.73 Å². The number of guanidine groups is 1. The average Bonchev–Trinajstić information content (AvgIpc) is 2.51. The van der Waals surface area contributed by atoms with Crippen LogP contribution in [0.2, 0.25) is 0 Å². The molecule has 0 spiro atoms. The molecule has 1 aliphatic rings. The molecule has 1 aliphatic heterocycles. The molecule has 1 rings (SSSR count). The van der Waals surface area contributed by atoms with Gasteiger partial charge >= 0.3 is 0 Å². The van der Waals surface area contributed by atoms with Gasteiger partial charge in [0.2, 0.25) is 0 Å². The molecule has 0 aromatic carbocycles. The molecule has 1 unspecified atom stereocenters. The predicted octanol–water partition coefficient (Wildman–Crippen LogP) is 1.54. The first-order chi connectivity index (χ1) is 6.79. The summed E-state index contributed by atoms with van der Waals surface area (Å²) >= 11 is 1.91. The minimum atomic E-state index is 0.571. The summed E-state index contributed by atoms with van der Waals surface area (Å²) in [6.45, 7) is 4.14. The van der Waals surface area contributed by atoms with Crippen LogP contribution in [0.15, 0.2) is 4.99 Å². The van der Waals surface area contributed by atoms with E-state index in [0.29, 0.717) is 6.04 Å². The maximum Gasteiger partial charge on any atom is 0.191 e. The van der Waals surface area contributed by atoms with Gasteiger partial charge in [0.1, 0.15) is 0 Å². The van der Waals surface area contributed by atoms with Crippen molar-refractivity contribution in [3.05, 3.63) is 0 Å². The largest absolute Gasteiger partial charge is 0.370 e. The monoisotopic (exact) mass is 215 g/mol. The third kappa shape index (κ3) is 3.08. The minimum Gasteiger partial charge on any atom is -0.370 e. The highest BCUT2D eigenvalue weighted by Gasteiger charge is 2.24. The lowest BCUT2D eigenvalue weighted by atomic mass is 10.1. The standard InChI is InChI=1S/C10H21N3S/c1-3-6-13-9(5-4-7-14-2)8-12-10(13)11/h9H,3-8H2,1-2H3,(H2,11,12). The van der Waals surface area contributed by atoms with Crippen LogP contribution in [-0.2, 0) is 0 Å². The quantitative estimate of drug-likeness (QED) is 0.683. The molecule has 82 valence electrons. The van der Waals surface area contributed by atoms with E-state index in [0.717, 1.165) is 25.5 Å². The zero-order valence-electron chi connectivity index (χ0n) is 9.20. The molecule has 0 radical (unpaired) electrons. The number of hydrogen-bond acceptors (Lipinski definition) is 4. The predicted molar refractivity (Wildman–Crippen MR) is 64.9 cm³/mol. The van der Waals surface area contributed by atoms with Crippen molar-refractivity contribution in [2.45, 2.75) is 32.2 Å². The van der Waals surface area contributed by atoms with Gasteiger partial charge in [0.25, 0.3) is 0 Å². The molecule has 1 atom stereocenters. The van der Waals surface area contributed by atoms with Crippen LogP contribution in [0.5, 0.6) is 0 Å². The zero-order chi connectivity index (χ0) is 10.4. The van der Waals surface area contributed by atoms with Crippen molar-refractivity contribution in [3.63, 3.8) is 0 Å². The van der Waals surface area contributed by atoms with Gasteiger partial charge in [0.15, 0.2) is 5.96 Å². The number of aliphatic imine (C=N–C) groups is 1. The number of thioether (sulfide) groups is 1. The number of hydrogen-bond donors (Lipinski definition) is 1. The molecular formula is C10H21N3S. The van der Waals surface area contributed by atoms with Crippen LogP contribution >= 0.6 is 11.8 Å². The molecule has 0 aliphatic carbocycles. The Balaban J connectivity index is 2.31. The Morgan fingerprint density at radius 1 is 1.64 bits per heavy atom. The van der Waals surface area contributed by atoms with Crippen LogP contribution in [0.3, 0.4) is 0 Å². The van der Waals surface area contributed by atoms with E-state index in [1.807, 2.05) is 11.8 Å². The van der Waals surface area contributed by atoms with Crippen LogP contribution in [-0.4, -0.2) is 42.0 Å². The molecule has 3 nitrogen and oxygen atoms in total. The van der Waals surface area contributed by atoms with Crippen molar-refractivity contribution in [1.29, 1.82) is 0 Å². The summed E-state index contributed by atoms with van der Waals surface area (Å²) in [6, 6.07) is 0.571. The lowest BCUT2D eigenvalue weighted by molar-refractivity contribution is 0.322. The Bertz CT molecular complexity index is 194. The van der Waals surface area contributed by atoms with Gasteiger partial charge < -0.3 is 10.6 Å². The van der Waals surface area contributed by atoms with Crippen LogP contribution in [0.1, 0.15) is 26.2 Å². The SMILES string of the molecule is CCCN1C(N)=NCC1CCCSC. The highest BCUT2D eigenvalue weighted by atomic mass is 32.2. The van der Waals surface area contributed by atoms with Gasteiger partial charge in [-0.3, -0.25) is 4.99 Å². The van der Waals surface area contributed by atoms with Crippen LogP contribution in [0.4, 0.5) is 0 Å². The van der Waals surface area contributed by atoms with Crippen molar-refractivity contribution in [2.75, 3.05) is 25.1 Å². The molecule has 0 saturated carbocycles. The van der Waals surface area contributed by atoms with Gasteiger partial charge in [0.05, 0.1) is 12.6 Å². The van der Waals surface area contributed by atoms with Crippen LogP contribution in [0, 0.1) is 0 Å². The van der Waals surface area contributed by atoms with Gasteiger partial charge in [-0.25, -0.2) is 0 Å². The molecule has 14 heavy (non-hydrogen) atoms. The summed E-state index contributed by atoms with van der Waals surface area (Å²) in [7, 11) is 0. The summed E-state index contributed by atoms with van der Waals surface area (Å²) in [5.41, 5.74) is 5.83. The van der Waals surface area contributed by atoms with Gasteiger partial charge in [-0.2, -0.15) is 11.8 Å². The van der Waals surface area contributed by atoms with Crippen molar-refractivity contribution >= 4 is 17.7 Å². The van der Waals surface area contributed by atoms with Crippen LogP contribution in [0.25, 0.3) is 0 Å². The Morgan fingerprint density at radius 3 is 3.07 bits per heavy atom. The third-order valence-electron chi connectivity index (χ3n) is 2.55. The lowest BCUT2D eigenvalue weighted by Crippen LogP contribution is -2.41. The summed E-state index contributed by atoms with van der Waals surface area (Å²) in [5.74, 6) is 2.00. The lowest BCUT2D eigenvalue weighted by Gasteiger charge is -2.25. The molecule has 0 bridgehead atoms. The minimum absolute atomic E-state index is 0.571. The Hall–Kier alpha value is -0.380. The van der Waals surface area contributed by atoms with E-state index in [2.05, 4.69) is 23.1 Å². The molecule has 0 aromatic heterocycles. The number of rotatable bonds is 6. The third-order valence-corrected chi connectivity index (χ3v) is 3.25. The Labute approximate surface area is 91.1 Å². The van der Waals surface area contributed by atoms with E-state index in [9.17, 15) is 0 Å². The van der Waals surface area contributed by atoms with Crippen molar-refractivity contribution < 1.29 is 0 Å². The maximum atomic E-state index is 5.83. The molecule has 0 saturated heterocycles. The van der Waals surface area contributed by atoms with Crippen molar-refractivity contribution in [1.82, 2.24) is 4.90 Å². The Kier molecular flexibility index (Phi) is 5.15. The second-order valence-electron chi connectivity index (χ2n) is 3.68. The number of nitrogens with two attached hydrogens (primary N) is 1. The van der Waals surface area contributed by atoms with Gasteiger partial charge in [-0.1, -0.05) is 6.92 Å². The summed E-state index contributed by atoms with van der Waals surface area (Å²) < 4.78 is 0. The molecule has 1 heterocycles. The van der Waals surface area contributed by atoms with E-state index < -0.39 is 0 Å². The second kappa shape index (κ2) is 6.17. The van der Waals surface area contributed by atoms with E-state index in [4.69, 9.17) is 5.73 Å². The second-order valence-corrected chi connectivity index (χ2v) is 4.67. The average molecular weight is 215 g/mol. The van der Waals surface area contributed by atoms with Gasteiger partial charge in [-0.15, -0.1) is 0 Å². The molecule has 2 N–H and O–H groups in total. The first-order valence-electron chi connectivity index (χ1n) is 5.35. The number of nitrogens with zero attached hydrogens (tertiary/aromatic N) is 2.